The van der Waals surface area contributed by atoms with E-state index >= 15 is 0 Å². The highest BCUT2D eigenvalue weighted by atomic mass is 32.2. The lowest BCUT2D eigenvalue weighted by molar-refractivity contribution is -0.143. The molecule has 0 radical (unpaired) electrons. The third-order valence-corrected chi connectivity index (χ3v) is 4.84. The Hall–Kier alpha value is -2.67. The van der Waals surface area contributed by atoms with E-state index in [0.29, 0.717) is 16.1 Å². The predicted molar refractivity (Wildman–Crippen MR) is 107 cm³/mol. The van der Waals surface area contributed by atoms with Crippen LogP contribution in [0.15, 0.2) is 53.4 Å². The summed E-state index contributed by atoms with van der Waals surface area (Å²) in [5, 5.41) is 2.74. The van der Waals surface area contributed by atoms with Crippen LogP contribution in [0.4, 0.5) is 10.1 Å². The Morgan fingerprint density at radius 3 is 2.29 bits per heavy atom. The standard InChI is InChI=1S/C21H22FNO4S/c1-13(2)21(26)23-16-10-8-15(9-11-16)20(25)14(3)27-19(24)12-28-18-7-5-4-6-17(18)22/h4-11,13-14H,12H2,1-3H3,(H,23,26)/t14-/m1/s1. The van der Waals surface area contributed by atoms with Crippen LogP contribution < -0.4 is 5.32 Å². The van der Waals surface area contributed by atoms with Gasteiger partial charge in [0.15, 0.2) is 6.10 Å². The Morgan fingerprint density at radius 2 is 1.68 bits per heavy atom. The van der Waals surface area contributed by atoms with Crippen LogP contribution in [-0.2, 0) is 14.3 Å². The molecule has 148 valence electrons. The number of rotatable bonds is 8. The number of nitrogens with one attached hydrogen (secondary N) is 1. The minimum absolute atomic E-state index is 0.0985. The van der Waals surface area contributed by atoms with Crippen molar-refractivity contribution in [3.8, 4) is 0 Å². The molecule has 0 saturated carbocycles. The molecule has 0 fully saturated rings. The van der Waals surface area contributed by atoms with Crippen LogP contribution in [0.2, 0.25) is 0 Å². The van der Waals surface area contributed by atoms with Gasteiger partial charge >= 0.3 is 5.97 Å². The summed E-state index contributed by atoms with van der Waals surface area (Å²) >= 11 is 1.01. The van der Waals surface area contributed by atoms with Crippen molar-refractivity contribution in [3.05, 3.63) is 59.9 Å². The van der Waals surface area contributed by atoms with Crippen LogP contribution in [0.5, 0.6) is 0 Å². The molecule has 0 spiro atoms. The molecule has 0 unspecified atom stereocenters. The molecule has 0 saturated heterocycles. The fourth-order valence-electron chi connectivity index (χ4n) is 2.22. The van der Waals surface area contributed by atoms with Gasteiger partial charge < -0.3 is 10.1 Å². The maximum atomic E-state index is 13.6. The fraction of sp³-hybridized carbons (Fsp3) is 0.286. The molecule has 2 aromatic carbocycles. The molecule has 0 aliphatic carbocycles. The van der Waals surface area contributed by atoms with Gasteiger partial charge in [0.1, 0.15) is 5.82 Å². The summed E-state index contributed by atoms with van der Waals surface area (Å²) < 4.78 is 18.7. The van der Waals surface area contributed by atoms with Gasteiger partial charge in [-0.15, -0.1) is 11.8 Å². The van der Waals surface area contributed by atoms with Crippen molar-refractivity contribution in [3.63, 3.8) is 0 Å². The van der Waals surface area contributed by atoms with E-state index in [2.05, 4.69) is 5.32 Å². The van der Waals surface area contributed by atoms with Gasteiger partial charge in [0, 0.05) is 22.1 Å². The first-order valence-electron chi connectivity index (χ1n) is 8.80. The lowest BCUT2D eigenvalue weighted by Crippen LogP contribution is -2.25. The summed E-state index contributed by atoms with van der Waals surface area (Å²) in [6.45, 7) is 5.06. The topological polar surface area (TPSA) is 72.5 Å². The van der Waals surface area contributed by atoms with Crippen molar-refractivity contribution in [2.75, 3.05) is 11.1 Å². The Labute approximate surface area is 167 Å². The second-order valence-electron chi connectivity index (χ2n) is 6.44. The smallest absolute Gasteiger partial charge is 0.316 e. The average Bonchev–Trinajstić information content (AvgIpc) is 2.67. The van der Waals surface area contributed by atoms with Crippen molar-refractivity contribution in [1.82, 2.24) is 0 Å². The number of amides is 1. The zero-order valence-electron chi connectivity index (χ0n) is 15.9. The summed E-state index contributed by atoms with van der Waals surface area (Å²) in [6.07, 6.45) is -0.968. The van der Waals surface area contributed by atoms with Crippen molar-refractivity contribution in [2.45, 2.75) is 31.8 Å². The SMILES string of the molecule is CC(C)C(=O)Nc1ccc(C(=O)[C@@H](C)OC(=O)CSc2ccccc2F)cc1. The van der Waals surface area contributed by atoms with Gasteiger partial charge in [-0.3, -0.25) is 14.4 Å². The molecule has 2 rings (SSSR count). The van der Waals surface area contributed by atoms with Crippen molar-refractivity contribution in [2.24, 2.45) is 5.92 Å². The van der Waals surface area contributed by atoms with Crippen molar-refractivity contribution < 1.29 is 23.5 Å². The third-order valence-electron chi connectivity index (χ3n) is 3.82. The maximum absolute atomic E-state index is 13.6. The number of carbonyl (C=O) groups excluding carboxylic acids is 3. The number of Topliss-reactive ketones (excluding diaryl/α,β-unsaturated/α-hetero) is 1. The van der Waals surface area contributed by atoms with Crippen LogP contribution in [0, 0.1) is 11.7 Å². The van der Waals surface area contributed by atoms with E-state index in [1.807, 2.05) is 0 Å². The number of ketones is 1. The number of hydrogen-bond acceptors (Lipinski definition) is 5. The van der Waals surface area contributed by atoms with E-state index in [9.17, 15) is 18.8 Å². The monoisotopic (exact) mass is 403 g/mol. The zero-order chi connectivity index (χ0) is 20.7. The average molecular weight is 403 g/mol. The molecule has 1 N–H and O–H groups in total. The van der Waals surface area contributed by atoms with E-state index in [1.165, 1.54) is 13.0 Å². The van der Waals surface area contributed by atoms with E-state index in [-0.39, 0.29) is 23.4 Å². The summed E-state index contributed by atoms with van der Waals surface area (Å²) in [4.78, 5) is 36.4. The number of halogens is 1. The summed E-state index contributed by atoms with van der Waals surface area (Å²) in [7, 11) is 0. The van der Waals surface area contributed by atoms with Gasteiger partial charge in [0.2, 0.25) is 11.7 Å². The van der Waals surface area contributed by atoms with Gasteiger partial charge in [0.05, 0.1) is 5.75 Å². The van der Waals surface area contributed by atoms with Crippen molar-refractivity contribution in [1.29, 1.82) is 0 Å². The molecule has 0 heterocycles. The highest BCUT2D eigenvalue weighted by Gasteiger charge is 2.20. The maximum Gasteiger partial charge on any atom is 0.316 e. The molecule has 0 bridgehead atoms. The molecule has 5 nitrogen and oxygen atoms in total. The third kappa shape index (κ3) is 6.20. The number of anilines is 1. The van der Waals surface area contributed by atoms with Gasteiger partial charge in [0.25, 0.3) is 0 Å². The normalized spacial score (nSPS) is 11.8. The molecular formula is C21H22FNO4S. The van der Waals surface area contributed by atoms with E-state index in [4.69, 9.17) is 4.74 Å². The van der Waals surface area contributed by atoms with Crippen molar-refractivity contribution >= 4 is 35.1 Å². The van der Waals surface area contributed by atoms with Crippen LogP contribution >= 0.6 is 11.8 Å². The Balaban J connectivity index is 1.88. The predicted octanol–water partition coefficient (Wildman–Crippen LogP) is 4.33. The van der Waals surface area contributed by atoms with Gasteiger partial charge in [-0.05, 0) is 43.3 Å². The minimum atomic E-state index is -0.968. The van der Waals surface area contributed by atoms with Crippen LogP contribution in [0.1, 0.15) is 31.1 Å². The van der Waals surface area contributed by atoms with Crippen LogP contribution in [0.3, 0.4) is 0 Å². The highest BCUT2D eigenvalue weighted by molar-refractivity contribution is 8.00. The lowest BCUT2D eigenvalue weighted by Gasteiger charge is -2.13. The molecule has 2 aromatic rings. The number of ether oxygens (including phenoxy) is 1. The number of esters is 1. The van der Waals surface area contributed by atoms with E-state index in [1.54, 1.807) is 56.3 Å². The Morgan fingerprint density at radius 1 is 1.04 bits per heavy atom. The number of thioether (sulfide) groups is 1. The largest absolute Gasteiger partial charge is 0.454 e. The first-order valence-corrected chi connectivity index (χ1v) is 9.78. The molecule has 0 aliphatic heterocycles. The zero-order valence-corrected chi connectivity index (χ0v) is 16.7. The number of benzene rings is 2. The highest BCUT2D eigenvalue weighted by Crippen LogP contribution is 2.21. The lowest BCUT2D eigenvalue weighted by atomic mass is 10.1. The van der Waals surface area contributed by atoms with E-state index < -0.39 is 17.9 Å². The number of hydrogen-bond donors (Lipinski definition) is 1. The fourth-order valence-corrected chi connectivity index (χ4v) is 2.94. The number of carbonyl (C=O) groups is 3. The molecular weight excluding hydrogens is 381 g/mol. The second-order valence-corrected chi connectivity index (χ2v) is 7.45. The summed E-state index contributed by atoms with van der Waals surface area (Å²) in [5.41, 5.74) is 0.950. The molecule has 28 heavy (non-hydrogen) atoms. The van der Waals surface area contributed by atoms with E-state index in [0.717, 1.165) is 11.8 Å². The molecule has 1 amide bonds. The van der Waals surface area contributed by atoms with Gasteiger partial charge in [-0.2, -0.15) is 0 Å². The first-order chi connectivity index (χ1) is 13.3. The second kappa shape index (κ2) is 10.0. The Bertz CT molecular complexity index is 852. The first kappa shape index (κ1) is 21.6. The quantitative estimate of drug-likeness (QED) is 0.404. The van der Waals surface area contributed by atoms with Gasteiger partial charge in [-0.25, -0.2) is 4.39 Å². The van der Waals surface area contributed by atoms with Gasteiger partial charge in [-0.1, -0.05) is 26.0 Å². The van der Waals surface area contributed by atoms with Crippen LogP contribution in [0.25, 0.3) is 0 Å². The molecule has 0 aromatic heterocycles. The molecule has 0 aliphatic rings. The molecule has 1 atom stereocenters. The summed E-state index contributed by atoms with van der Waals surface area (Å²) in [6, 6.07) is 12.5. The molecule has 7 heteroatoms. The summed E-state index contributed by atoms with van der Waals surface area (Å²) in [5.74, 6) is -1.73. The Kier molecular flexibility index (Phi) is 7.75. The minimum Gasteiger partial charge on any atom is -0.454 e. The van der Waals surface area contributed by atoms with Crippen LogP contribution in [-0.4, -0.2) is 29.5 Å².